The molecule has 0 aliphatic heterocycles. The summed E-state index contributed by atoms with van der Waals surface area (Å²) in [7, 11) is -5.12. The molecule has 20 heavy (non-hydrogen) atoms. The second kappa shape index (κ2) is 6.42. The summed E-state index contributed by atoms with van der Waals surface area (Å²) in [5.74, 6) is -1.69. The highest BCUT2D eigenvalue weighted by Crippen LogP contribution is 2.13. The van der Waals surface area contributed by atoms with E-state index in [2.05, 4.69) is 5.32 Å². The van der Waals surface area contributed by atoms with Gasteiger partial charge >= 0.3 is 0 Å². The van der Waals surface area contributed by atoms with Crippen LogP contribution in [0.1, 0.15) is 17.3 Å². The summed E-state index contributed by atoms with van der Waals surface area (Å²) < 4.78 is 46.9. The maximum absolute atomic E-state index is 13.7. The summed E-state index contributed by atoms with van der Waals surface area (Å²) in [5, 5.41) is 7.01. The summed E-state index contributed by atoms with van der Waals surface area (Å²) in [4.78, 5) is 11.3. The van der Waals surface area contributed by atoms with Crippen LogP contribution in [0, 0.1) is 5.82 Å². The Hall–Kier alpha value is -1.32. The second-order valence-corrected chi connectivity index (χ2v) is 7.57. The fourth-order valence-corrected chi connectivity index (χ4v) is 2.15. The van der Waals surface area contributed by atoms with E-state index >= 15 is 0 Å². The van der Waals surface area contributed by atoms with Crippen LogP contribution in [0.2, 0.25) is 0 Å². The maximum Gasteiger partial charge on any atom is 0.254 e. The zero-order valence-corrected chi connectivity index (χ0v) is 12.6. The molecule has 1 aromatic carbocycles. The fraction of sp³-hybridized carbons (Fsp3) is 0.364. The molecule has 2 atom stereocenters. The number of halogens is 1. The van der Waals surface area contributed by atoms with E-state index in [0.29, 0.717) is 6.07 Å². The van der Waals surface area contributed by atoms with Gasteiger partial charge in [-0.05, 0) is 25.1 Å². The summed E-state index contributed by atoms with van der Waals surface area (Å²) in [6, 6.07) is 2.78. The van der Waals surface area contributed by atoms with E-state index in [-0.39, 0.29) is 17.4 Å². The number of rotatable bonds is 5. The van der Waals surface area contributed by atoms with Crippen molar-refractivity contribution in [3.63, 3.8) is 0 Å². The van der Waals surface area contributed by atoms with Gasteiger partial charge in [0.1, 0.15) is 5.82 Å². The minimum absolute atomic E-state index is 0.123. The molecular weight excluding hydrogens is 307 g/mol. The summed E-state index contributed by atoms with van der Waals surface area (Å²) in [6.45, 7) is 1.80. The van der Waals surface area contributed by atoms with E-state index < -0.39 is 37.4 Å². The first-order valence-corrected chi connectivity index (χ1v) is 8.72. The van der Waals surface area contributed by atoms with Crippen molar-refractivity contribution in [3.05, 3.63) is 29.6 Å². The van der Waals surface area contributed by atoms with Gasteiger partial charge in [-0.1, -0.05) is 0 Å². The number of nitrogens with two attached hydrogens (primary N) is 1. The molecule has 6 nitrogen and oxygen atoms in total. The minimum Gasteiger partial charge on any atom is -0.351 e. The van der Waals surface area contributed by atoms with Gasteiger partial charge in [-0.2, -0.15) is 0 Å². The van der Waals surface area contributed by atoms with E-state index in [9.17, 15) is 21.8 Å². The van der Waals surface area contributed by atoms with Crippen LogP contribution in [0.3, 0.4) is 0 Å². The topological polar surface area (TPSA) is 106 Å². The average Bonchev–Trinajstić information content (AvgIpc) is 2.34. The van der Waals surface area contributed by atoms with Gasteiger partial charge in [0.15, 0.2) is 0 Å². The van der Waals surface area contributed by atoms with Crippen molar-refractivity contribution in [2.24, 2.45) is 5.14 Å². The lowest BCUT2D eigenvalue weighted by molar-refractivity contribution is 0.0950. The molecule has 0 aromatic heterocycles. The second-order valence-electron chi connectivity index (χ2n) is 4.21. The minimum atomic E-state index is -4.02. The number of sulfonamides is 1. The van der Waals surface area contributed by atoms with Crippen LogP contribution < -0.4 is 10.5 Å². The molecule has 0 saturated carbocycles. The molecule has 112 valence electrons. The Morgan fingerprint density at radius 1 is 1.50 bits per heavy atom. The van der Waals surface area contributed by atoms with E-state index in [4.69, 9.17) is 5.14 Å². The SMILES string of the molecule is CC(CNC(=O)c1ccc(S(N)(=O)=O)cc1F)S(C)=O. The molecule has 1 rings (SSSR count). The molecule has 0 aliphatic rings. The summed E-state index contributed by atoms with van der Waals surface area (Å²) >= 11 is 0. The fourth-order valence-electron chi connectivity index (χ4n) is 1.31. The molecule has 1 aromatic rings. The van der Waals surface area contributed by atoms with Crippen molar-refractivity contribution in [1.29, 1.82) is 0 Å². The highest BCUT2D eigenvalue weighted by atomic mass is 32.2. The molecule has 0 saturated heterocycles. The zero-order valence-electron chi connectivity index (χ0n) is 10.9. The van der Waals surface area contributed by atoms with Crippen LogP contribution >= 0.6 is 0 Å². The van der Waals surface area contributed by atoms with Gasteiger partial charge in [-0.25, -0.2) is 17.9 Å². The lowest BCUT2D eigenvalue weighted by atomic mass is 10.2. The first kappa shape index (κ1) is 16.7. The maximum atomic E-state index is 13.7. The highest BCUT2D eigenvalue weighted by Gasteiger charge is 2.17. The van der Waals surface area contributed by atoms with Crippen LogP contribution in [0.15, 0.2) is 23.1 Å². The van der Waals surface area contributed by atoms with E-state index in [1.807, 2.05) is 0 Å². The molecule has 9 heteroatoms. The number of carbonyl (C=O) groups excluding carboxylic acids is 1. The third kappa shape index (κ3) is 4.36. The first-order chi connectivity index (χ1) is 9.12. The summed E-state index contributed by atoms with van der Waals surface area (Å²) in [6.07, 6.45) is 1.50. The van der Waals surface area contributed by atoms with Crippen LogP contribution in [0.25, 0.3) is 0 Å². The van der Waals surface area contributed by atoms with E-state index in [1.54, 1.807) is 6.92 Å². The van der Waals surface area contributed by atoms with Crippen molar-refractivity contribution in [3.8, 4) is 0 Å². The zero-order chi connectivity index (χ0) is 15.5. The van der Waals surface area contributed by atoms with Crippen molar-refractivity contribution in [1.82, 2.24) is 5.32 Å². The Labute approximate surface area is 119 Å². The molecule has 0 radical (unpaired) electrons. The van der Waals surface area contributed by atoms with Crippen molar-refractivity contribution in [2.45, 2.75) is 17.1 Å². The van der Waals surface area contributed by atoms with Gasteiger partial charge in [-0.3, -0.25) is 9.00 Å². The van der Waals surface area contributed by atoms with Crippen LogP contribution in [0.4, 0.5) is 4.39 Å². The van der Waals surface area contributed by atoms with Gasteiger partial charge in [0, 0.05) is 28.9 Å². The van der Waals surface area contributed by atoms with Crippen molar-refractivity contribution >= 4 is 26.7 Å². The van der Waals surface area contributed by atoms with Gasteiger partial charge in [-0.15, -0.1) is 0 Å². The highest BCUT2D eigenvalue weighted by molar-refractivity contribution is 7.89. The standard InChI is InChI=1S/C11H15FN2O4S2/c1-7(19(2)16)6-14-11(15)9-4-3-8(5-10(9)12)20(13,17)18/h3-5,7H,6H2,1-2H3,(H,14,15)(H2,13,17,18). The Balaban J connectivity index is 2.88. The van der Waals surface area contributed by atoms with E-state index in [0.717, 1.165) is 12.1 Å². The number of hydrogen-bond donors (Lipinski definition) is 2. The van der Waals surface area contributed by atoms with Crippen molar-refractivity contribution in [2.75, 3.05) is 12.8 Å². The predicted octanol–water partition coefficient (Wildman–Crippen LogP) is -0.0301. The largest absolute Gasteiger partial charge is 0.351 e. The molecule has 0 fully saturated rings. The van der Waals surface area contributed by atoms with Gasteiger partial charge in [0.05, 0.1) is 10.5 Å². The Morgan fingerprint density at radius 3 is 2.55 bits per heavy atom. The normalized spacial score (nSPS) is 14.6. The number of nitrogens with one attached hydrogen (secondary N) is 1. The van der Waals surface area contributed by atoms with Gasteiger partial charge in [0.25, 0.3) is 5.91 Å². The van der Waals surface area contributed by atoms with Crippen molar-refractivity contribution < 1.29 is 21.8 Å². The third-order valence-corrected chi connectivity index (χ3v) is 4.84. The number of carbonyl (C=O) groups is 1. The van der Waals surface area contributed by atoms with E-state index in [1.165, 1.54) is 6.26 Å². The lowest BCUT2D eigenvalue weighted by Gasteiger charge is -2.10. The Kier molecular flexibility index (Phi) is 5.37. The molecule has 0 heterocycles. The van der Waals surface area contributed by atoms with Gasteiger partial charge < -0.3 is 5.32 Å². The Morgan fingerprint density at radius 2 is 2.10 bits per heavy atom. The van der Waals surface area contributed by atoms with Crippen LogP contribution in [-0.2, 0) is 20.8 Å². The van der Waals surface area contributed by atoms with Crippen LogP contribution in [0.5, 0.6) is 0 Å². The molecule has 1 amide bonds. The molecule has 0 bridgehead atoms. The molecule has 2 unspecified atom stereocenters. The first-order valence-electron chi connectivity index (χ1n) is 5.55. The number of primary sulfonamides is 1. The number of hydrogen-bond acceptors (Lipinski definition) is 4. The molecule has 0 aliphatic carbocycles. The molecular formula is C11H15FN2O4S2. The summed E-state index contributed by atoms with van der Waals surface area (Å²) in [5.41, 5.74) is -0.300. The van der Waals surface area contributed by atoms with Crippen LogP contribution in [-0.4, -0.2) is 36.6 Å². The predicted molar refractivity (Wildman–Crippen MR) is 73.6 cm³/mol. The number of benzene rings is 1. The monoisotopic (exact) mass is 322 g/mol. The quantitative estimate of drug-likeness (QED) is 0.794. The van der Waals surface area contributed by atoms with Gasteiger partial charge in [0.2, 0.25) is 10.0 Å². The average molecular weight is 322 g/mol. The smallest absolute Gasteiger partial charge is 0.254 e. The molecule has 3 N–H and O–H groups in total. The number of amides is 1. The lowest BCUT2D eigenvalue weighted by Crippen LogP contribution is -2.33. The Bertz CT molecular complexity index is 646. The third-order valence-electron chi connectivity index (χ3n) is 2.63. The molecule has 0 spiro atoms.